The van der Waals surface area contributed by atoms with Crippen molar-refractivity contribution in [1.82, 2.24) is 5.32 Å². The maximum atomic E-state index is 11.9. The highest BCUT2D eigenvalue weighted by molar-refractivity contribution is 5.98. The number of nitriles is 3. The van der Waals surface area contributed by atoms with Gasteiger partial charge in [-0.3, -0.25) is 4.79 Å². The van der Waals surface area contributed by atoms with Gasteiger partial charge in [-0.15, -0.1) is 0 Å². The molecule has 0 saturated heterocycles. The highest BCUT2D eigenvalue weighted by Gasteiger charge is 2.17. The second-order valence-electron chi connectivity index (χ2n) is 4.03. The van der Waals surface area contributed by atoms with E-state index in [-0.39, 0.29) is 17.2 Å². The number of hydrogen-bond donors (Lipinski definition) is 2. The van der Waals surface area contributed by atoms with E-state index < -0.39 is 0 Å². The molecule has 0 aromatic heterocycles. The summed E-state index contributed by atoms with van der Waals surface area (Å²) in [6.45, 7) is 0.786. The van der Waals surface area contributed by atoms with E-state index in [0.29, 0.717) is 30.2 Å². The molecule has 21 heavy (non-hydrogen) atoms. The van der Waals surface area contributed by atoms with E-state index in [2.05, 4.69) is 10.6 Å². The number of benzene rings is 1. The fourth-order valence-corrected chi connectivity index (χ4v) is 1.76. The van der Waals surface area contributed by atoms with Crippen molar-refractivity contribution in [2.45, 2.75) is 0 Å². The highest BCUT2D eigenvalue weighted by Crippen LogP contribution is 2.25. The van der Waals surface area contributed by atoms with E-state index >= 15 is 0 Å². The Kier molecular flexibility index (Phi) is 4.04. The molecular weight excluding hydrogens is 270 g/mol. The molecule has 2 rings (SSSR count). The van der Waals surface area contributed by atoms with Crippen LogP contribution in [0.2, 0.25) is 0 Å². The number of carbonyl (C=O) groups is 1. The molecule has 102 valence electrons. The molecule has 1 aliphatic heterocycles. The van der Waals surface area contributed by atoms with Crippen LogP contribution in [0.3, 0.4) is 0 Å². The first-order valence-electron chi connectivity index (χ1n) is 5.96. The van der Waals surface area contributed by atoms with Gasteiger partial charge in [0.05, 0.1) is 12.1 Å². The number of rotatable bonds is 2. The number of allylic oxidation sites excluding steroid dienone is 2. The second-order valence-corrected chi connectivity index (χ2v) is 4.03. The van der Waals surface area contributed by atoms with Gasteiger partial charge in [0.2, 0.25) is 0 Å². The van der Waals surface area contributed by atoms with Crippen LogP contribution in [0, 0.1) is 34.0 Å². The number of carbonyl (C=O) groups excluding carboxylic acids is 1. The predicted molar refractivity (Wildman–Crippen MR) is 71.8 cm³/mol. The van der Waals surface area contributed by atoms with Gasteiger partial charge in [0.15, 0.2) is 5.57 Å². The number of nitrogens with zero attached hydrogens (tertiary/aromatic N) is 3. The molecule has 0 fully saturated rings. The zero-order chi connectivity index (χ0) is 15.2. The van der Waals surface area contributed by atoms with Crippen LogP contribution < -0.4 is 15.4 Å². The number of hydrogen-bond acceptors (Lipinski definition) is 6. The Morgan fingerprint density at radius 1 is 1.24 bits per heavy atom. The molecule has 0 saturated carbocycles. The fraction of sp³-hybridized carbons (Fsp3) is 0.143. The van der Waals surface area contributed by atoms with E-state index in [1.54, 1.807) is 30.3 Å². The SMILES string of the molecule is N#CC(C#N)=C(C#N)Nc1ccc2c(c1)C(=O)NCCO2. The van der Waals surface area contributed by atoms with E-state index in [4.69, 9.17) is 20.5 Å². The lowest BCUT2D eigenvalue weighted by Crippen LogP contribution is -2.24. The molecule has 7 nitrogen and oxygen atoms in total. The largest absolute Gasteiger partial charge is 0.491 e. The Morgan fingerprint density at radius 3 is 2.67 bits per heavy atom. The van der Waals surface area contributed by atoms with Crippen LogP contribution in [0.1, 0.15) is 10.4 Å². The molecular formula is C14H9N5O2. The summed E-state index contributed by atoms with van der Waals surface area (Å²) < 4.78 is 5.40. The van der Waals surface area contributed by atoms with Crippen LogP contribution in [-0.4, -0.2) is 19.1 Å². The van der Waals surface area contributed by atoms with Gasteiger partial charge in [0, 0.05) is 5.69 Å². The summed E-state index contributed by atoms with van der Waals surface area (Å²) in [7, 11) is 0. The minimum atomic E-state index is -0.326. The quantitative estimate of drug-likeness (QED) is 0.780. The molecule has 2 N–H and O–H groups in total. The van der Waals surface area contributed by atoms with Crippen LogP contribution in [0.25, 0.3) is 0 Å². The van der Waals surface area contributed by atoms with Gasteiger partial charge in [-0.05, 0) is 18.2 Å². The molecule has 0 atom stereocenters. The van der Waals surface area contributed by atoms with E-state index in [1.807, 2.05) is 0 Å². The van der Waals surface area contributed by atoms with Gasteiger partial charge in [-0.2, -0.15) is 15.8 Å². The molecule has 7 heteroatoms. The topological polar surface area (TPSA) is 122 Å². The monoisotopic (exact) mass is 279 g/mol. The average molecular weight is 279 g/mol. The number of ether oxygens (including phenoxy) is 1. The third-order valence-corrected chi connectivity index (χ3v) is 2.72. The van der Waals surface area contributed by atoms with Gasteiger partial charge in [-0.25, -0.2) is 0 Å². The predicted octanol–water partition coefficient (Wildman–Crippen LogP) is 1.05. The first-order chi connectivity index (χ1) is 10.2. The van der Waals surface area contributed by atoms with Crippen LogP contribution in [-0.2, 0) is 0 Å². The Labute approximate surface area is 120 Å². The lowest BCUT2D eigenvalue weighted by atomic mass is 10.1. The lowest BCUT2D eigenvalue weighted by molar-refractivity contribution is 0.0957. The van der Waals surface area contributed by atoms with E-state index in [9.17, 15) is 4.79 Å². The molecule has 0 aliphatic carbocycles. The first kappa shape index (κ1) is 13.9. The fourth-order valence-electron chi connectivity index (χ4n) is 1.76. The van der Waals surface area contributed by atoms with Crippen molar-refractivity contribution in [2.24, 2.45) is 0 Å². The molecule has 1 amide bonds. The zero-order valence-corrected chi connectivity index (χ0v) is 10.8. The highest BCUT2D eigenvalue weighted by atomic mass is 16.5. The number of amides is 1. The number of nitrogens with one attached hydrogen (secondary N) is 2. The Balaban J connectivity index is 2.38. The van der Waals surface area contributed by atoms with Crippen molar-refractivity contribution in [3.05, 3.63) is 35.0 Å². The Hall–Kier alpha value is -3.50. The first-order valence-corrected chi connectivity index (χ1v) is 5.96. The average Bonchev–Trinajstić information content (AvgIpc) is 2.69. The molecule has 1 aromatic carbocycles. The molecule has 1 aliphatic rings. The summed E-state index contributed by atoms with van der Waals surface area (Å²) in [4.78, 5) is 11.9. The normalized spacial score (nSPS) is 12.1. The molecule has 0 bridgehead atoms. The van der Waals surface area contributed by atoms with E-state index in [1.165, 1.54) is 6.07 Å². The van der Waals surface area contributed by atoms with Crippen LogP contribution in [0.15, 0.2) is 29.5 Å². The van der Waals surface area contributed by atoms with Gasteiger partial charge in [0.25, 0.3) is 5.91 Å². The van der Waals surface area contributed by atoms with Crippen LogP contribution >= 0.6 is 0 Å². The summed E-state index contributed by atoms with van der Waals surface area (Å²) in [5.74, 6) is 0.160. The third-order valence-electron chi connectivity index (χ3n) is 2.72. The van der Waals surface area contributed by atoms with Gasteiger partial charge in [-0.1, -0.05) is 0 Å². The van der Waals surface area contributed by atoms with Gasteiger partial charge in [0.1, 0.15) is 36.3 Å². The summed E-state index contributed by atoms with van der Waals surface area (Å²) in [6, 6.07) is 9.71. The Morgan fingerprint density at radius 2 is 2.00 bits per heavy atom. The number of anilines is 1. The Bertz CT molecular complexity index is 730. The summed E-state index contributed by atoms with van der Waals surface area (Å²) in [5, 5.41) is 31.8. The van der Waals surface area contributed by atoms with Crippen molar-refractivity contribution in [3.8, 4) is 24.0 Å². The minimum absolute atomic E-state index is 0.171. The molecule has 0 spiro atoms. The maximum absolute atomic E-state index is 11.9. The van der Waals surface area contributed by atoms with Crippen molar-refractivity contribution in [3.63, 3.8) is 0 Å². The molecule has 1 aromatic rings. The van der Waals surface area contributed by atoms with Gasteiger partial charge < -0.3 is 15.4 Å². The minimum Gasteiger partial charge on any atom is -0.491 e. The van der Waals surface area contributed by atoms with Gasteiger partial charge >= 0.3 is 0 Å². The maximum Gasteiger partial charge on any atom is 0.255 e. The summed E-state index contributed by atoms with van der Waals surface area (Å²) in [5.41, 5.74) is 0.238. The lowest BCUT2D eigenvalue weighted by Gasteiger charge is -2.09. The van der Waals surface area contributed by atoms with E-state index in [0.717, 1.165) is 0 Å². The van der Waals surface area contributed by atoms with Crippen LogP contribution in [0.5, 0.6) is 5.75 Å². The van der Waals surface area contributed by atoms with Crippen molar-refractivity contribution in [1.29, 1.82) is 15.8 Å². The van der Waals surface area contributed by atoms with Crippen molar-refractivity contribution >= 4 is 11.6 Å². The molecule has 0 radical (unpaired) electrons. The number of fused-ring (bicyclic) bond motifs is 1. The van der Waals surface area contributed by atoms with Crippen LogP contribution in [0.4, 0.5) is 5.69 Å². The standard InChI is InChI=1S/C14H9N5O2/c15-6-9(7-16)12(8-17)19-10-1-2-13-11(5-10)14(20)18-3-4-21-13/h1-2,5,19H,3-4H2,(H,18,20). The zero-order valence-electron chi connectivity index (χ0n) is 10.8. The second kappa shape index (κ2) is 6.10. The smallest absolute Gasteiger partial charge is 0.255 e. The molecule has 0 unspecified atom stereocenters. The third kappa shape index (κ3) is 2.91. The summed E-state index contributed by atoms with van der Waals surface area (Å²) in [6.07, 6.45) is 0. The summed E-state index contributed by atoms with van der Waals surface area (Å²) >= 11 is 0. The van der Waals surface area contributed by atoms with Crippen molar-refractivity contribution < 1.29 is 9.53 Å². The van der Waals surface area contributed by atoms with Crippen molar-refractivity contribution in [2.75, 3.05) is 18.5 Å². The molecule has 1 heterocycles.